The number of guanidine groups is 1. The molecule has 8 heteroatoms. The van der Waals surface area contributed by atoms with Gasteiger partial charge in [0.25, 0.3) is 0 Å². The molecule has 1 aromatic rings. The minimum atomic E-state index is 0. The van der Waals surface area contributed by atoms with E-state index in [9.17, 15) is 0 Å². The first kappa shape index (κ1) is 22.2. The van der Waals surface area contributed by atoms with E-state index in [0.717, 1.165) is 63.8 Å². The number of nitrogens with one attached hydrogen (secondary N) is 1. The lowest BCUT2D eigenvalue weighted by Crippen LogP contribution is -2.48. The second kappa shape index (κ2) is 12.5. The highest BCUT2D eigenvalue weighted by Crippen LogP contribution is 2.21. The SMILES string of the molecule is CCNC(=NCCCCOCC)N1CCOC(c2cnn(C)c2)C1.I. The predicted octanol–water partition coefficient (Wildman–Crippen LogP) is 2.19. The van der Waals surface area contributed by atoms with Crippen molar-refractivity contribution in [2.24, 2.45) is 12.0 Å². The molecule has 7 nitrogen and oxygen atoms in total. The first-order valence-corrected chi connectivity index (χ1v) is 8.95. The van der Waals surface area contributed by atoms with Gasteiger partial charge in [-0.2, -0.15) is 5.10 Å². The normalized spacial score (nSPS) is 18.1. The average molecular weight is 465 g/mol. The quantitative estimate of drug-likeness (QED) is 0.276. The number of aryl methyl sites for hydroxylation is 1. The van der Waals surface area contributed by atoms with Gasteiger partial charge >= 0.3 is 0 Å². The van der Waals surface area contributed by atoms with Crippen molar-refractivity contribution in [2.75, 3.05) is 46.0 Å². The molecule has 144 valence electrons. The van der Waals surface area contributed by atoms with Gasteiger partial charge in [0.05, 0.1) is 19.3 Å². The number of unbranched alkanes of at least 4 members (excludes halogenated alkanes) is 1. The summed E-state index contributed by atoms with van der Waals surface area (Å²) in [4.78, 5) is 7.05. The minimum Gasteiger partial charge on any atom is -0.382 e. The van der Waals surface area contributed by atoms with Crippen LogP contribution in [0.5, 0.6) is 0 Å². The van der Waals surface area contributed by atoms with E-state index in [1.54, 1.807) is 0 Å². The fourth-order valence-electron chi connectivity index (χ4n) is 2.72. The third-order valence-electron chi connectivity index (χ3n) is 3.96. The molecule has 1 N–H and O–H groups in total. The van der Waals surface area contributed by atoms with Crippen molar-refractivity contribution in [1.29, 1.82) is 0 Å². The first-order valence-electron chi connectivity index (χ1n) is 8.95. The van der Waals surface area contributed by atoms with E-state index in [4.69, 9.17) is 14.5 Å². The summed E-state index contributed by atoms with van der Waals surface area (Å²) in [5.41, 5.74) is 1.12. The molecular weight excluding hydrogens is 433 g/mol. The van der Waals surface area contributed by atoms with Gasteiger partial charge < -0.3 is 19.7 Å². The highest BCUT2D eigenvalue weighted by atomic mass is 127. The maximum Gasteiger partial charge on any atom is 0.194 e. The summed E-state index contributed by atoms with van der Waals surface area (Å²) >= 11 is 0. The number of nitrogens with zero attached hydrogens (tertiary/aromatic N) is 4. The van der Waals surface area contributed by atoms with Crippen LogP contribution >= 0.6 is 24.0 Å². The number of rotatable bonds is 8. The molecule has 0 spiro atoms. The Morgan fingerprint density at radius 3 is 2.96 bits per heavy atom. The van der Waals surface area contributed by atoms with Crippen molar-refractivity contribution in [1.82, 2.24) is 20.0 Å². The van der Waals surface area contributed by atoms with Gasteiger partial charge in [0, 0.05) is 51.7 Å². The summed E-state index contributed by atoms with van der Waals surface area (Å²) in [5, 5.41) is 7.64. The summed E-state index contributed by atoms with van der Waals surface area (Å²) in [5.74, 6) is 0.978. The lowest BCUT2D eigenvalue weighted by molar-refractivity contribution is -0.00804. The number of hydrogen-bond acceptors (Lipinski definition) is 4. The summed E-state index contributed by atoms with van der Waals surface area (Å²) in [7, 11) is 1.93. The van der Waals surface area contributed by atoms with E-state index in [1.807, 2.05) is 31.0 Å². The van der Waals surface area contributed by atoms with E-state index < -0.39 is 0 Å². The molecule has 2 heterocycles. The molecule has 1 aromatic heterocycles. The molecule has 1 aliphatic rings. The van der Waals surface area contributed by atoms with E-state index in [-0.39, 0.29) is 30.1 Å². The molecule has 25 heavy (non-hydrogen) atoms. The Hall–Kier alpha value is -0.870. The van der Waals surface area contributed by atoms with Gasteiger partial charge in [-0.1, -0.05) is 0 Å². The summed E-state index contributed by atoms with van der Waals surface area (Å²) < 4.78 is 13.1. The van der Waals surface area contributed by atoms with E-state index in [1.165, 1.54) is 0 Å². The van der Waals surface area contributed by atoms with Gasteiger partial charge in [-0.25, -0.2) is 0 Å². The Morgan fingerprint density at radius 1 is 1.44 bits per heavy atom. The first-order chi connectivity index (χ1) is 11.7. The van der Waals surface area contributed by atoms with E-state index in [2.05, 4.69) is 22.2 Å². The number of aromatic nitrogens is 2. The fraction of sp³-hybridized carbons (Fsp3) is 0.765. The van der Waals surface area contributed by atoms with Crippen LogP contribution in [0.1, 0.15) is 38.4 Å². The molecule has 1 atom stereocenters. The topological polar surface area (TPSA) is 63.9 Å². The van der Waals surface area contributed by atoms with Crippen LogP contribution in [0.3, 0.4) is 0 Å². The minimum absolute atomic E-state index is 0. The zero-order chi connectivity index (χ0) is 17.2. The van der Waals surface area contributed by atoms with Crippen LogP contribution in [-0.2, 0) is 16.5 Å². The molecule has 0 amide bonds. The van der Waals surface area contributed by atoms with Crippen molar-refractivity contribution in [2.45, 2.75) is 32.8 Å². The maximum atomic E-state index is 5.91. The molecule has 0 saturated carbocycles. The summed E-state index contributed by atoms with van der Waals surface area (Å²) in [6.07, 6.45) is 6.05. The van der Waals surface area contributed by atoms with Gasteiger partial charge in [-0.15, -0.1) is 24.0 Å². The van der Waals surface area contributed by atoms with Gasteiger partial charge in [-0.05, 0) is 26.7 Å². The Kier molecular flexibility index (Phi) is 11.1. The molecule has 0 radical (unpaired) electrons. The predicted molar refractivity (Wildman–Crippen MR) is 111 cm³/mol. The van der Waals surface area contributed by atoms with Crippen LogP contribution in [0.15, 0.2) is 17.4 Å². The highest BCUT2D eigenvalue weighted by Gasteiger charge is 2.25. The largest absolute Gasteiger partial charge is 0.382 e. The van der Waals surface area contributed by atoms with Crippen molar-refractivity contribution >= 4 is 29.9 Å². The third kappa shape index (κ3) is 7.49. The van der Waals surface area contributed by atoms with Crippen molar-refractivity contribution in [3.05, 3.63) is 18.0 Å². The van der Waals surface area contributed by atoms with Gasteiger partial charge in [0.15, 0.2) is 5.96 Å². The van der Waals surface area contributed by atoms with E-state index >= 15 is 0 Å². The lowest BCUT2D eigenvalue weighted by Gasteiger charge is -2.34. The van der Waals surface area contributed by atoms with Gasteiger partial charge in [0.1, 0.15) is 6.10 Å². The Balaban J connectivity index is 0.00000312. The van der Waals surface area contributed by atoms with E-state index in [0.29, 0.717) is 6.61 Å². The van der Waals surface area contributed by atoms with Crippen molar-refractivity contribution < 1.29 is 9.47 Å². The van der Waals surface area contributed by atoms with Gasteiger partial charge in [-0.3, -0.25) is 9.67 Å². The van der Waals surface area contributed by atoms with Crippen LogP contribution in [0.2, 0.25) is 0 Å². The smallest absolute Gasteiger partial charge is 0.194 e. The molecule has 1 saturated heterocycles. The van der Waals surface area contributed by atoms with Crippen molar-refractivity contribution in [3.8, 4) is 0 Å². The molecule has 1 fully saturated rings. The fourth-order valence-corrected chi connectivity index (χ4v) is 2.72. The molecule has 0 aliphatic carbocycles. The number of halogens is 1. The van der Waals surface area contributed by atoms with Gasteiger partial charge in [0.2, 0.25) is 0 Å². The monoisotopic (exact) mass is 465 g/mol. The van der Waals surface area contributed by atoms with Crippen LogP contribution in [0.25, 0.3) is 0 Å². The highest BCUT2D eigenvalue weighted by molar-refractivity contribution is 14.0. The Bertz CT molecular complexity index is 509. The van der Waals surface area contributed by atoms with Crippen LogP contribution < -0.4 is 5.32 Å². The van der Waals surface area contributed by atoms with Crippen LogP contribution in [0.4, 0.5) is 0 Å². The molecule has 1 unspecified atom stereocenters. The average Bonchev–Trinajstić information content (AvgIpc) is 3.03. The molecule has 1 aliphatic heterocycles. The number of hydrogen-bond donors (Lipinski definition) is 1. The lowest BCUT2D eigenvalue weighted by atomic mass is 10.1. The third-order valence-corrected chi connectivity index (χ3v) is 3.96. The van der Waals surface area contributed by atoms with Crippen LogP contribution in [-0.4, -0.2) is 66.6 Å². The number of morpholine rings is 1. The zero-order valence-corrected chi connectivity index (χ0v) is 17.9. The second-order valence-electron chi connectivity index (χ2n) is 5.89. The number of aliphatic imine (C=N–C) groups is 1. The Labute approximate surface area is 168 Å². The van der Waals surface area contributed by atoms with Crippen LogP contribution in [0, 0.1) is 0 Å². The Morgan fingerprint density at radius 2 is 2.28 bits per heavy atom. The summed E-state index contributed by atoms with van der Waals surface area (Å²) in [6, 6.07) is 0. The second-order valence-corrected chi connectivity index (χ2v) is 5.89. The zero-order valence-electron chi connectivity index (χ0n) is 15.6. The molecular formula is C17H32IN5O2. The molecule has 0 bridgehead atoms. The maximum absolute atomic E-state index is 5.91. The molecule has 0 aromatic carbocycles. The summed E-state index contributed by atoms with van der Waals surface area (Å²) in [6.45, 7) is 9.80. The van der Waals surface area contributed by atoms with Crippen molar-refractivity contribution in [3.63, 3.8) is 0 Å². The molecule has 2 rings (SSSR count). The number of ether oxygens (including phenoxy) is 2. The standard InChI is InChI=1S/C17H31N5O2.HI/c1-4-18-17(19-8-6-7-10-23-5-2)22-9-11-24-16(14-22)15-12-20-21(3)13-15;/h12-13,16H,4-11,14H2,1-3H3,(H,18,19);1H.